The summed E-state index contributed by atoms with van der Waals surface area (Å²) in [5.74, 6) is -1.66. The van der Waals surface area contributed by atoms with Crippen LogP contribution in [0.3, 0.4) is 0 Å². The minimum Gasteiger partial charge on any atom is -0.481 e. The second kappa shape index (κ2) is 8.32. The SMILES string of the molecule is CCN(CC(C)C(=O)O)C(=O)COCc1ccccc1. The number of nitrogens with zero attached hydrogens (tertiary/aromatic N) is 1. The second-order valence-corrected chi connectivity index (χ2v) is 4.65. The lowest BCUT2D eigenvalue weighted by atomic mass is 10.1. The Morgan fingerprint density at radius 2 is 1.95 bits per heavy atom. The molecular formula is C15H21NO4. The summed E-state index contributed by atoms with van der Waals surface area (Å²) in [5.41, 5.74) is 1.00. The Labute approximate surface area is 119 Å². The van der Waals surface area contributed by atoms with E-state index in [1.165, 1.54) is 4.90 Å². The lowest BCUT2D eigenvalue weighted by Crippen LogP contribution is -2.38. The number of hydrogen-bond acceptors (Lipinski definition) is 3. The van der Waals surface area contributed by atoms with Crippen LogP contribution in [-0.4, -0.2) is 41.6 Å². The van der Waals surface area contributed by atoms with E-state index < -0.39 is 11.9 Å². The van der Waals surface area contributed by atoms with Gasteiger partial charge >= 0.3 is 5.97 Å². The lowest BCUT2D eigenvalue weighted by molar-refractivity contribution is -0.144. The molecule has 1 unspecified atom stereocenters. The predicted octanol–water partition coefficient (Wildman–Crippen LogP) is 1.77. The lowest BCUT2D eigenvalue weighted by Gasteiger charge is -2.22. The Balaban J connectivity index is 2.38. The fourth-order valence-electron chi connectivity index (χ4n) is 1.74. The summed E-state index contributed by atoms with van der Waals surface area (Å²) in [5, 5.41) is 8.86. The van der Waals surface area contributed by atoms with Gasteiger partial charge in [-0.15, -0.1) is 0 Å². The quantitative estimate of drug-likeness (QED) is 0.787. The van der Waals surface area contributed by atoms with E-state index in [1.54, 1.807) is 6.92 Å². The minimum atomic E-state index is -0.901. The van der Waals surface area contributed by atoms with Gasteiger partial charge in [0.25, 0.3) is 0 Å². The van der Waals surface area contributed by atoms with Crippen LogP contribution in [0, 0.1) is 5.92 Å². The molecule has 0 bridgehead atoms. The number of hydrogen-bond donors (Lipinski definition) is 1. The number of carbonyl (C=O) groups is 2. The molecule has 1 aromatic rings. The largest absolute Gasteiger partial charge is 0.481 e. The van der Waals surface area contributed by atoms with Crippen LogP contribution in [0.1, 0.15) is 19.4 Å². The van der Waals surface area contributed by atoms with Gasteiger partial charge in [-0.1, -0.05) is 37.3 Å². The molecule has 0 saturated carbocycles. The van der Waals surface area contributed by atoms with Gasteiger partial charge in [-0.05, 0) is 12.5 Å². The van der Waals surface area contributed by atoms with Crippen molar-refractivity contribution in [2.75, 3.05) is 19.7 Å². The highest BCUT2D eigenvalue weighted by Gasteiger charge is 2.19. The molecule has 1 rings (SSSR count). The third kappa shape index (κ3) is 5.40. The smallest absolute Gasteiger partial charge is 0.308 e. The van der Waals surface area contributed by atoms with E-state index in [4.69, 9.17) is 9.84 Å². The van der Waals surface area contributed by atoms with Crippen molar-refractivity contribution in [1.29, 1.82) is 0 Å². The summed E-state index contributed by atoms with van der Waals surface area (Å²) in [4.78, 5) is 24.2. The first-order valence-corrected chi connectivity index (χ1v) is 6.66. The predicted molar refractivity (Wildman–Crippen MR) is 75.2 cm³/mol. The number of carbonyl (C=O) groups excluding carboxylic acids is 1. The van der Waals surface area contributed by atoms with Crippen molar-refractivity contribution in [2.24, 2.45) is 5.92 Å². The van der Waals surface area contributed by atoms with Crippen molar-refractivity contribution < 1.29 is 19.4 Å². The van der Waals surface area contributed by atoms with Crippen molar-refractivity contribution >= 4 is 11.9 Å². The van der Waals surface area contributed by atoms with Gasteiger partial charge in [-0.2, -0.15) is 0 Å². The summed E-state index contributed by atoms with van der Waals surface area (Å²) in [7, 11) is 0. The summed E-state index contributed by atoms with van der Waals surface area (Å²) in [6, 6.07) is 9.59. The fourth-order valence-corrected chi connectivity index (χ4v) is 1.74. The first kappa shape index (κ1) is 16.2. The van der Waals surface area contributed by atoms with Crippen LogP contribution >= 0.6 is 0 Å². The molecule has 0 saturated heterocycles. The number of carboxylic acids is 1. The Morgan fingerprint density at radius 3 is 2.50 bits per heavy atom. The number of aliphatic carboxylic acids is 1. The zero-order valence-corrected chi connectivity index (χ0v) is 11.9. The van der Waals surface area contributed by atoms with E-state index in [9.17, 15) is 9.59 Å². The van der Waals surface area contributed by atoms with Gasteiger partial charge in [0, 0.05) is 13.1 Å². The van der Waals surface area contributed by atoms with Gasteiger partial charge in [0.2, 0.25) is 5.91 Å². The minimum absolute atomic E-state index is 0.0327. The van der Waals surface area contributed by atoms with Gasteiger partial charge in [-0.25, -0.2) is 0 Å². The van der Waals surface area contributed by atoms with E-state index in [-0.39, 0.29) is 19.1 Å². The molecule has 1 aromatic carbocycles. The average molecular weight is 279 g/mol. The molecule has 1 N–H and O–H groups in total. The molecule has 5 heteroatoms. The topological polar surface area (TPSA) is 66.8 Å². The van der Waals surface area contributed by atoms with Gasteiger partial charge in [0.15, 0.2) is 0 Å². The third-order valence-corrected chi connectivity index (χ3v) is 2.99. The Kier molecular flexibility index (Phi) is 6.73. The van der Waals surface area contributed by atoms with Crippen molar-refractivity contribution in [2.45, 2.75) is 20.5 Å². The molecule has 0 radical (unpaired) electrons. The molecule has 0 heterocycles. The Morgan fingerprint density at radius 1 is 1.30 bits per heavy atom. The zero-order valence-electron chi connectivity index (χ0n) is 11.9. The third-order valence-electron chi connectivity index (χ3n) is 2.99. The maximum atomic E-state index is 11.9. The highest BCUT2D eigenvalue weighted by molar-refractivity contribution is 5.78. The number of benzene rings is 1. The Bertz CT molecular complexity index is 433. The molecule has 20 heavy (non-hydrogen) atoms. The van der Waals surface area contributed by atoms with Crippen LogP contribution in [0.15, 0.2) is 30.3 Å². The maximum absolute atomic E-state index is 11.9. The molecule has 0 aromatic heterocycles. The molecule has 0 aliphatic rings. The number of ether oxygens (including phenoxy) is 1. The number of likely N-dealkylation sites (N-methyl/N-ethyl adjacent to an activating group) is 1. The Hall–Kier alpha value is -1.88. The van der Waals surface area contributed by atoms with Crippen molar-refractivity contribution in [3.8, 4) is 0 Å². The summed E-state index contributed by atoms with van der Waals surface area (Å²) >= 11 is 0. The van der Waals surface area contributed by atoms with E-state index >= 15 is 0 Å². The van der Waals surface area contributed by atoms with Crippen molar-refractivity contribution in [1.82, 2.24) is 4.90 Å². The van der Waals surface area contributed by atoms with Crippen molar-refractivity contribution in [3.05, 3.63) is 35.9 Å². The average Bonchev–Trinajstić information content (AvgIpc) is 2.45. The standard InChI is InChI=1S/C15H21NO4/c1-3-16(9-12(2)15(18)19)14(17)11-20-10-13-7-5-4-6-8-13/h4-8,12H,3,9-11H2,1-2H3,(H,18,19). The molecule has 0 aliphatic heterocycles. The van der Waals surface area contributed by atoms with E-state index in [2.05, 4.69) is 0 Å². The first-order valence-electron chi connectivity index (χ1n) is 6.66. The zero-order chi connectivity index (χ0) is 15.0. The molecule has 0 aliphatic carbocycles. The summed E-state index contributed by atoms with van der Waals surface area (Å²) in [6.07, 6.45) is 0. The van der Waals surface area contributed by atoms with Crippen molar-refractivity contribution in [3.63, 3.8) is 0 Å². The highest BCUT2D eigenvalue weighted by atomic mass is 16.5. The van der Waals surface area contributed by atoms with Crippen LogP contribution in [0.25, 0.3) is 0 Å². The van der Waals surface area contributed by atoms with Crippen LogP contribution in [0.2, 0.25) is 0 Å². The second-order valence-electron chi connectivity index (χ2n) is 4.65. The first-order chi connectivity index (χ1) is 9.54. The van der Waals surface area contributed by atoms with E-state index in [0.717, 1.165) is 5.56 Å². The monoisotopic (exact) mass is 279 g/mol. The molecule has 1 amide bonds. The molecule has 5 nitrogen and oxygen atoms in total. The van der Waals surface area contributed by atoms with E-state index in [0.29, 0.717) is 13.2 Å². The van der Waals surface area contributed by atoms with Crippen LogP contribution in [0.5, 0.6) is 0 Å². The van der Waals surface area contributed by atoms with Gasteiger partial charge in [-0.3, -0.25) is 9.59 Å². The van der Waals surface area contributed by atoms with Crippen LogP contribution < -0.4 is 0 Å². The fraction of sp³-hybridized carbons (Fsp3) is 0.467. The number of amides is 1. The van der Waals surface area contributed by atoms with Gasteiger partial charge in [0.05, 0.1) is 12.5 Å². The molecule has 110 valence electrons. The van der Waals surface area contributed by atoms with Crippen LogP contribution in [0.4, 0.5) is 0 Å². The molecule has 0 spiro atoms. The molecular weight excluding hydrogens is 258 g/mol. The number of rotatable bonds is 8. The maximum Gasteiger partial charge on any atom is 0.308 e. The van der Waals surface area contributed by atoms with Gasteiger partial charge < -0.3 is 14.7 Å². The molecule has 0 fully saturated rings. The normalized spacial score (nSPS) is 11.9. The highest BCUT2D eigenvalue weighted by Crippen LogP contribution is 2.03. The van der Waals surface area contributed by atoms with E-state index in [1.807, 2.05) is 37.3 Å². The van der Waals surface area contributed by atoms with Gasteiger partial charge in [0.1, 0.15) is 6.61 Å². The summed E-state index contributed by atoms with van der Waals surface area (Å²) < 4.78 is 5.37. The van der Waals surface area contributed by atoms with Crippen LogP contribution in [-0.2, 0) is 20.9 Å². The summed E-state index contributed by atoms with van der Waals surface area (Å²) in [6.45, 7) is 4.44. The number of carboxylic acid groups (broad SMARTS) is 1. The molecule has 1 atom stereocenters.